The van der Waals surface area contributed by atoms with E-state index in [9.17, 15) is 39.5 Å². The van der Waals surface area contributed by atoms with Crippen LogP contribution in [-0.2, 0) is 4.43 Å². The number of hydrogen-bond donors (Lipinski definition) is 0. The van der Waals surface area contributed by atoms with E-state index in [0.717, 1.165) is 12.8 Å². The Morgan fingerprint density at radius 2 is 1.41 bits per heavy atom. The van der Waals surface area contributed by atoms with E-state index in [1.807, 2.05) is 0 Å². The van der Waals surface area contributed by atoms with Crippen LogP contribution < -0.4 is 0 Å². The van der Waals surface area contributed by atoms with Crippen molar-refractivity contribution in [3.8, 4) is 0 Å². The molecule has 1 heterocycles. The average molecular weight is 361 g/mol. The maximum Gasteiger partial charge on any atom is 0.460 e. The maximum absolute atomic E-state index is 13.2. The van der Waals surface area contributed by atoms with Crippen molar-refractivity contribution in [1.82, 2.24) is 0 Å². The second kappa shape index (κ2) is 6.58. The number of alkyl halides is 9. The van der Waals surface area contributed by atoms with Gasteiger partial charge in [-0.05, 0) is 24.9 Å². The Morgan fingerprint density at radius 3 is 1.86 bits per heavy atom. The Kier molecular flexibility index (Phi) is 5.86. The Labute approximate surface area is 122 Å². The monoisotopic (exact) mass is 361 g/mol. The zero-order valence-electron chi connectivity index (χ0n) is 11.3. The Bertz CT molecular complexity index is 363. The highest BCUT2D eigenvalue weighted by Crippen LogP contribution is 2.54. The van der Waals surface area contributed by atoms with Crippen LogP contribution in [0.15, 0.2) is 0 Å². The molecule has 0 N–H and O–H groups in total. The highest BCUT2D eigenvalue weighted by molar-refractivity contribution is 6.51. The maximum atomic E-state index is 13.2. The second-order valence-corrected chi connectivity index (χ2v) is 7.41. The van der Waals surface area contributed by atoms with E-state index in [1.54, 1.807) is 0 Å². The van der Waals surface area contributed by atoms with Crippen molar-refractivity contribution in [2.24, 2.45) is 0 Å². The van der Waals surface area contributed by atoms with Crippen LogP contribution in [0.25, 0.3) is 0 Å². The summed E-state index contributed by atoms with van der Waals surface area (Å²) >= 11 is 0. The molecule has 1 nitrogen and oxygen atoms in total. The van der Waals surface area contributed by atoms with Crippen LogP contribution in [0, 0.1) is 0 Å². The predicted octanol–water partition coefficient (Wildman–Crippen LogP) is 5.04. The number of hydrogen-bond acceptors (Lipinski definition) is 1. The second-order valence-electron chi connectivity index (χ2n) is 5.05. The van der Waals surface area contributed by atoms with E-state index >= 15 is 0 Å². The average Bonchev–Trinajstić information content (AvgIpc) is 2.38. The van der Waals surface area contributed by atoms with Gasteiger partial charge in [0, 0.05) is 13.0 Å². The first-order valence-corrected chi connectivity index (χ1v) is 8.33. The SMILES string of the molecule is FC(F)(F)C(F)(F)C(F)(F)C(F)(F)CCC[Si]1CCCCO1. The van der Waals surface area contributed by atoms with E-state index < -0.39 is 45.8 Å². The normalized spacial score (nSPS) is 19.5. The number of rotatable bonds is 6. The zero-order valence-corrected chi connectivity index (χ0v) is 12.3. The van der Waals surface area contributed by atoms with Gasteiger partial charge in [0.1, 0.15) is 0 Å². The minimum atomic E-state index is -6.79. The summed E-state index contributed by atoms with van der Waals surface area (Å²) in [7, 11) is -1.47. The minimum absolute atomic E-state index is 0.00786. The summed E-state index contributed by atoms with van der Waals surface area (Å²) in [4.78, 5) is 0. The van der Waals surface area contributed by atoms with Crippen molar-refractivity contribution >= 4 is 9.04 Å². The van der Waals surface area contributed by atoms with E-state index in [4.69, 9.17) is 4.43 Å². The van der Waals surface area contributed by atoms with Crippen LogP contribution in [0.4, 0.5) is 39.5 Å². The van der Waals surface area contributed by atoms with Crippen LogP contribution in [-0.4, -0.2) is 39.6 Å². The van der Waals surface area contributed by atoms with Gasteiger partial charge in [-0.1, -0.05) is 6.42 Å². The summed E-state index contributed by atoms with van der Waals surface area (Å²) in [6, 6.07) is 0.624. The standard InChI is InChI=1S/C11H14F9OSi/c12-8(13,4-3-7-22-6-2-1-5-21-22)9(14,15)10(16,17)11(18,19)20/h1-7H2. The molecule has 1 aliphatic rings. The smallest absolute Gasteiger partial charge is 0.417 e. The molecule has 22 heavy (non-hydrogen) atoms. The van der Waals surface area contributed by atoms with Gasteiger partial charge in [0.2, 0.25) is 9.04 Å². The van der Waals surface area contributed by atoms with Crippen molar-refractivity contribution in [2.45, 2.75) is 61.7 Å². The van der Waals surface area contributed by atoms with E-state index in [1.165, 1.54) is 0 Å². The fraction of sp³-hybridized carbons (Fsp3) is 1.00. The molecule has 0 atom stereocenters. The third-order valence-corrected chi connectivity index (χ3v) is 5.75. The lowest BCUT2D eigenvalue weighted by Gasteiger charge is -2.33. The first-order chi connectivity index (χ1) is 9.83. The van der Waals surface area contributed by atoms with Crippen LogP contribution in [0.1, 0.15) is 25.7 Å². The summed E-state index contributed by atoms with van der Waals surface area (Å²) < 4.78 is 119. The largest absolute Gasteiger partial charge is 0.460 e. The molecule has 1 radical (unpaired) electrons. The van der Waals surface area contributed by atoms with Crippen molar-refractivity contribution in [2.75, 3.05) is 6.61 Å². The Hall–Kier alpha value is -0.453. The van der Waals surface area contributed by atoms with Crippen LogP contribution >= 0.6 is 0 Å². The van der Waals surface area contributed by atoms with Gasteiger partial charge in [-0.25, -0.2) is 0 Å². The molecule has 0 amide bonds. The van der Waals surface area contributed by atoms with Gasteiger partial charge in [-0.2, -0.15) is 39.5 Å². The first kappa shape index (κ1) is 19.6. The fourth-order valence-electron chi connectivity index (χ4n) is 1.98. The lowest BCUT2D eigenvalue weighted by molar-refractivity contribution is -0.396. The summed E-state index contributed by atoms with van der Waals surface area (Å²) in [6.07, 6.45) is -7.50. The summed E-state index contributed by atoms with van der Waals surface area (Å²) in [5, 5.41) is 0. The van der Waals surface area contributed by atoms with Crippen molar-refractivity contribution < 1.29 is 43.9 Å². The van der Waals surface area contributed by atoms with E-state index in [0.29, 0.717) is 12.7 Å². The zero-order chi connectivity index (χ0) is 17.2. The van der Waals surface area contributed by atoms with Gasteiger partial charge in [0.25, 0.3) is 0 Å². The topological polar surface area (TPSA) is 9.23 Å². The molecule has 0 bridgehead atoms. The fourth-order valence-corrected chi connectivity index (χ4v) is 4.17. The Balaban J connectivity index is 2.66. The minimum Gasteiger partial charge on any atom is -0.417 e. The summed E-state index contributed by atoms with van der Waals surface area (Å²) in [5.41, 5.74) is 0. The predicted molar refractivity (Wildman–Crippen MR) is 60.7 cm³/mol. The highest BCUT2D eigenvalue weighted by Gasteiger charge is 2.81. The first-order valence-electron chi connectivity index (χ1n) is 6.50. The van der Waals surface area contributed by atoms with Gasteiger partial charge < -0.3 is 4.43 Å². The van der Waals surface area contributed by atoms with Crippen LogP contribution in [0.5, 0.6) is 0 Å². The molecule has 0 aliphatic carbocycles. The molecule has 0 aromatic heterocycles. The molecule has 11 heteroatoms. The lowest BCUT2D eigenvalue weighted by atomic mass is 10.00. The van der Waals surface area contributed by atoms with Gasteiger partial charge in [0.15, 0.2) is 0 Å². The van der Waals surface area contributed by atoms with Gasteiger partial charge in [-0.15, -0.1) is 0 Å². The third-order valence-electron chi connectivity index (χ3n) is 3.31. The molecule has 0 aromatic rings. The third kappa shape index (κ3) is 3.90. The van der Waals surface area contributed by atoms with Crippen LogP contribution in [0.2, 0.25) is 12.1 Å². The van der Waals surface area contributed by atoms with Crippen LogP contribution in [0.3, 0.4) is 0 Å². The lowest BCUT2D eigenvalue weighted by Crippen LogP contribution is -2.60. The quantitative estimate of drug-likeness (QED) is 0.476. The molecule has 0 unspecified atom stereocenters. The molecule has 1 fully saturated rings. The summed E-state index contributed by atoms with van der Waals surface area (Å²) in [5.74, 6) is -18.7. The molecular weight excluding hydrogens is 347 g/mol. The van der Waals surface area contributed by atoms with Crippen molar-refractivity contribution in [3.05, 3.63) is 0 Å². The number of halogens is 9. The summed E-state index contributed by atoms with van der Waals surface area (Å²) in [6.45, 7) is 0.424. The molecule has 1 saturated heterocycles. The Morgan fingerprint density at radius 1 is 0.818 bits per heavy atom. The molecule has 1 aliphatic heterocycles. The van der Waals surface area contributed by atoms with Crippen molar-refractivity contribution in [1.29, 1.82) is 0 Å². The van der Waals surface area contributed by atoms with Gasteiger partial charge in [0.05, 0.1) is 0 Å². The highest BCUT2D eigenvalue weighted by atomic mass is 28.3. The van der Waals surface area contributed by atoms with Crippen molar-refractivity contribution in [3.63, 3.8) is 0 Å². The van der Waals surface area contributed by atoms with Gasteiger partial charge in [-0.3, -0.25) is 0 Å². The molecule has 1 rings (SSSR count). The van der Waals surface area contributed by atoms with E-state index in [2.05, 4.69) is 0 Å². The van der Waals surface area contributed by atoms with E-state index in [-0.39, 0.29) is 6.04 Å². The molecule has 131 valence electrons. The molecule has 0 spiro atoms. The molecular formula is C11H14F9OSi. The van der Waals surface area contributed by atoms with Gasteiger partial charge >= 0.3 is 23.9 Å². The molecule has 0 aromatic carbocycles. The molecule has 0 saturated carbocycles.